The molecule has 7 heteroatoms. The Morgan fingerprint density at radius 3 is 2.89 bits per heavy atom. The predicted octanol–water partition coefficient (Wildman–Crippen LogP) is 3.54. The highest BCUT2D eigenvalue weighted by Crippen LogP contribution is 2.19. The maximum absolute atomic E-state index is 13.0. The number of amides is 1. The molecule has 0 atom stereocenters. The van der Waals surface area contributed by atoms with Crippen molar-refractivity contribution in [3.8, 4) is 0 Å². The van der Waals surface area contributed by atoms with E-state index in [1.54, 1.807) is 11.8 Å². The highest BCUT2D eigenvalue weighted by molar-refractivity contribution is 7.97. The van der Waals surface area contributed by atoms with E-state index in [-0.39, 0.29) is 5.56 Å². The monoisotopic (exact) mass is 300 g/mol. The maximum Gasteiger partial charge on any atom is 0.257 e. The Bertz CT molecular complexity index is 601. The highest BCUT2D eigenvalue weighted by Gasteiger charge is 2.11. The first kappa shape index (κ1) is 14.0. The van der Waals surface area contributed by atoms with Gasteiger partial charge in [0, 0.05) is 16.7 Å². The van der Waals surface area contributed by atoms with Gasteiger partial charge in [-0.3, -0.25) is 10.1 Å². The standard InChI is InChI=1S/C12H10F2N2OS2/c1-18-5-8-6-19-12(15-8)16-11(17)7-2-3-9(13)10(14)4-7/h2-4,6H,5H2,1H3,(H,15,16,17). The van der Waals surface area contributed by atoms with Crippen molar-refractivity contribution in [1.82, 2.24) is 4.98 Å². The highest BCUT2D eigenvalue weighted by atomic mass is 32.2. The number of benzene rings is 1. The van der Waals surface area contributed by atoms with Gasteiger partial charge in [0.1, 0.15) is 0 Å². The molecule has 100 valence electrons. The maximum atomic E-state index is 13.0. The van der Waals surface area contributed by atoms with Crippen LogP contribution >= 0.6 is 23.1 Å². The number of carbonyl (C=O) groups excluding carboxylic acids is 1. The Labute approximate surface area is 117 Å². The van der Waals surface area contributed by atoms with Crippen molar-refractivity contribution in [3.05, 3.63) is 46.5 Å². The number of rotatable bonds is 4. The lowest BCUT2D eigenvalue weighted by molar-refractivity contribution is 0.102. The molecular formula is C12H10F2N2OS2. The molecule has 0 aliphatic rings. The van der Waals surface area contributed by atoms with Gasteiger partial charge in [-0.25, -0.2) is 13.8 Å². The van der Waals surface area contributed by atoms with Crippen molar-refractivity contribution in [2.24, 2.45) is 0 Å². The van der Waals surface area contributed by atoms with Crippen molar-refractivity contribution in [3.63, 3.8) is 0 Å². The summed E-state index contributed by atoms with van der Waals surface area (Å²) in [5, 5.41) is 4.84. The number of halogens is 2. The zero-order valence-electron chi connectivity index (χ0n) is 9.94. The molecule has 0 aliphatic heterocycles. The molecular weight excluding hydrogens is 290 g/mol. The Morgan fingerprint density at radius 2 is 2.21 bits per heavy atom. The zero-order valence-corrected chi connectivity index (χ0v) is 11.6. The number of hydrogen-bond acceptors (Lipinski definition) is 4. The minimum Gasteiger partial charge on any atom is -0.298 e. The third-order valence-electron chi connectivity index (χ3n) is 2.25. The van der Waals surface area contributed by atoms with E-state index in [0.717, 1.165) is 23.6 Å². The van der Waals surface area contributed by atoms with Crippen LogP contribution in [0.3, 0.4) is 0 Å². The molecule has 1 N–H and O–H groups in total. The third-order valence-corrected chi connectivity index (χ3v) is 3.64. The molecule has 0 bridgehead atoms. The molecule has 19 heavy (non-hydrogen) atoms. The van der Waals surface area contributed by atoms with E-state index in [2.05, 4.69) is 10.3 Å². The van der Waals surface area contributed by atoms with Crippen LogP contribution in [0.1, 0.15) is 16.1 Å². The van der Waals surface area contributed by atoms with Gasteiger partial charge < -0.3 is 0 Å². The molecule has 1 heterocycles. The Morgan fingerprint density at radius 1 is 1.42 bits per heavy atom. The summed E-state index contributed by atoms with van der Waals surface area (Å²) < 4.78 is 25.8. The van der Waals surface area contributed by atoms with E-state index in [0.29, 0.717) is 5.13 Å². The second-order valence-electron chi connectivity index (χ2n) is 3.66. The second-order valence-corrected chi connectivity index (χ2v) is 5.38. The summed E-state index contributed by atoms with van der Waals surface area (Å²) in [6, 6.07) is 3.01. The van der Waals surface area contributed by atoms with Crippen molar-refractivity contribution in [1.29, 1.82) is 0 Å². The molecule has 0 fully saturated rings. The summed E-state index contributed by atoms with van der Waals surface area (Å²) in [6.07, 6.45) is 1.96. The number of hydrogen-bond donors (Lipinski definition) is 1. The SMILES string of the molecule is CSCc1csc(NC(=O)c2ccc(F)c(F)c2)n1. The fourth-order valence-electron chi connectivity index (χ4n) is 1.39. The number of thioether (sulfide) groups is 1. The summed E-state index contributed by atoms with van der Waals surface area (Å²) in [5.74, 6) is -1.77. The van der Waals surface area contributed by atoms with Crippen LogP contribution in [0.5, 0.6) is 0 Å². The first-order valence-corrected chi connectivity index (χ1v) is 7.57. The predicted molar refractivity (Wildman–Crippen MR) is 73.6 cm³/mol. The van der Waals surface area contributed by atoms with Gasteiger partial charge in [0.2, 0.25) is 0 Å². The molecule has 2 rings (SSSR count). The van der Waals surface area contributed by atoms with E-state index in [9.17, 15) is 13.6 Å². The molecule has 0 spiro atoms. The topological polar surface area (TPSA) is 42.0 Å². The number of thiazole rings is 1. The van der Waals surface area contributed by atoms with Crippen LogP contribution in [-0.4, -0.2) is 17.1 Å². The fraction of sp³-hybridized carbons (Fsp3) is 0.167. The van der Waals surface area contributed by atoms with Gasteiger partial charge in [-0.2, -0.15) is 11.8 Å². The molecule has 0 saturated carbocycles. The van der Waals surface area contributed by atoms with Gasteiger partial charge >= 0.3 is 0 Å². The summed E-state index contributed by atoms with van der Waals surface area (Å²) in [5.41, 5.74) is 0.929. The fourth-order valence-corrected chi connectivity index (χ4v) is 2.64. The number of nitrogens with zero attached hydrogens (tertiary/aromatic N) is 1. The number of nitrogens with one attached hydrogen (secondary N) is 1. The van der Waals surface area contributed by atoms with Crippen LogP contribution in [0.25, 0.3) is 0 Å². The number of aromatic nitrogens is 1. The number of anilines is 1. The van der Waals surface area contributed by atoms with Gasteiger partial charge in [0.05, 0.1) is 5.69 Å². The lowest BCUT2D eigenvalue weighted by Gasteiger charge is -2.02. The summed E-state index contributed by atoms with van der Waals surface area (Å²) in [7, 11) is 0. The van der Waals surface area contributed by atoms with Crippen molar-refractivity contribution in [2.75, 3.05) is 11.6 Å². The van der Waals surface area contributed by atoms with Gasteiger partial charge in [0.15, 0.2) is 16.8 Å². The zero-order chi connectivity index (χ0) is 13.8. The van der Waals surface area contributed by atoms with E-state index in [4.69, 9.17) is 0 Å². The van der Waals surface area contributed by atoms with Crippen molar-refractivity contribution < 1.29 is 13.6 Å². The summed E-state index contributed by atoms with van der Waals surface area (Å²) >= 11 is 2.92. The van der Waals surface area contributed by atoms with Gasteiger partial charge in [-0.15, -0.1) is 11.3 Å². The largest absolute Gasteiger partial charge is 0.298 e. The van der Waals surface area contributed by atoms with Crippen LogP contribution in [0, 0.1) is 11.6 Å². The minimum absolute atomic E-state index is 0.0560. The van der Waals surface area contributed by atoms with Crippen molar-refractivity contribution >= 4 is 34.1 Å². The molecule has 1 aromatic heterocycles. The van der Waals surface area contributed by atoms with Crippen LogP contribution in [0.4, 0.5) is 13.9 Å². The molecule has 0 saturated heterocycles. The van der Waals surface area contributed by atoms with Crippen molar-refractivity contribution in [2.45, 2.75) is 5.75 Å². The van der Waals surface area contributed by atoms with E-state index < -0.39 is 17.5 Å². The molecule has 1 aromatic carbocycles. The van der Waals surface area contributed by atoms with Crippen LogP contribution in [-0.2, 0) is 5.75 Å². The summed E-state index contributed by atoms with van der Waals surface area (Å²) in [4.78, 5) is 16.0. The first-order valence-electron chi connectivity index (χ1n) is 5.30. The first-order chi connectivity index (χ1) is 9.10. The molecule has 1 amide bonds. The minimum atomic E-state index is -1.05. The number of carbonyl (C=O) groups is 1. The Hall–Kier alpha value is -1.47. The van der Waals surface area contributed by atoms with Crippen LogP contribution < -0.4 is 5.32 Å². The molecule has 0 unspecified atom stereocenters. The van der Waals surface area contributed by atoms with Gasteiger partial charge in [-0.1, -0.05) is 0 Å². The molecule has 0 radical (unpaired) electrons. The Kier molecular flexibility index (Phi) is 4.49. The second kappa shape index (κ2) is 6.12. The van der Waals surface area contributed by atoms with E-state index >= 15 is 0 Å². The third kappa shape index (κ3) is 3.51. The van der Waals surface area contributed by atoms with Crippen LogP contribution in [0.2, 0.25) is 0 Å². The lowest BCUT2D eigenvalue weighted by atomic mass is 10.2. The van der Waals surface area contributed by atoms with Crippen LogP contribution in [0.15, 0.2) is 23.6 Å². The van der Waals surface area contributed by atoms with E-state index in [1.807, 2.05) is 11.6 Å². The Balaban J connectivity index is 2.09. The van der Waals surface area contributed by atoms with Gasteiger partial charge in [0.25, 0.3) is 5.91 Å². The molecule has 2 aromatic rings. The average molecular weight is 300 g/mol. The normalized spacial score (nSPS) is 10.5. The molecule has 3 nitrogen and oxygen atoms in total. The lowest BCUT2D eigenvalue weighted by Crippen LogP contribution is -2.12. The molecule has 0 aliphatic carbocycles. The summed E-state index contributed by atoms with van der Waals surface area (Å²) in [6.45, 7) is 0. The smallest absolute Gasteiger partial charge is 0.257 e. The average Bonchev–Trinajstić information content (AvgIpc) is 2.80. The quantitative estimate of drug-likeness (QED) is 0.939. The van der Waals surface area contributed by atoms with Gasteiger partial charge in [-0.05, 0) is 24.5 Å². The van der Waals surface area contributed by atoms with E-state index in [1.165, 1.54) is 17.4 Å².